The van der Waals surface area contributed by atoms with Gasteiger partial charge >= 0.3 is 0 Å². The summed E-state index contributed by atoms with van der Waals surface area (Å²) in [5.41, 5.74) is 2.31. The molecule has 0 unspecified atom stereocenters. The fourth-order valence-electron chi connectivity index (χ4n) is 1.95. The van der Waals surface area contributed by atoms with Gasteiger partial charge in [0.25, 0.3) is 10.1 Å². The van der Waals surface area contributed by atoms with Gasteiger partial charge in [-0.2, -0.15) is 8.42 Å². The Morgan fingerprint density at radius 1 is 0.923 bits per heavy atom. The molecule has 0 N–H and O–H groups in total. The lowest BCUT2D eigenvalue weighted by atomic mass is 10.2. The highest BCUT2D eigenvalue weighted by Gasteiger charge is 2.13. The molecule has 2 aromatic carbocycles. The maximum Gasteiger partial charge on any atom is 0.291 e. The zero-order valence-electron chi connectivity index (χ0n) is 15.0. The largest absolute Gasteiger partial charge is 0.291 e. The van der Waals surface area contributed by atoms with Gasteiger partial charge in [-0.05, 0) is 17.0 Å². The second-order valence-corrected chi connectivity index (χ2v) is 9.91. The predicted octanol–water partition coefficient (Wildman–Crippen LogP) is 5.65. The van der Waals surface area contributed by atoms with Crippen molar-refractivity contribution >= 4 is 33.6 Å². The molecule has 0 atom stereocenters. The molecule has 0 aliphatic carbocycles. The van der Waals surface area contributed by atoms with Crippen LogP contribution in [-0.4, -0.2) is 15.0 Å². The van der Waals surface area contributed by atoms with Gasteiger partial charge in [-0.1, -0.05) is 74.5 Å². The molecule has 0 aliphatic heterocycles. The minimum Gasteiger partial charge on any atom is -0.267 e. The van der Waals surface area contributed by atoms with Crippen LogP contribution in [0.25, 0.3) is 0 Å². The Hall–Kier alpha value is -1.21. The summed E-state index contributed by atoms with van der Waals surface area (Å²) in [6, 6.07) is 20.0. The Morgan fingerprint density at radius 2 is 1.38 bits per heavy atom. The standard InChI is InChI=1S/C20H24O3S3/c1-17(2)13-23-26(21,22)16-20(24-14-18-9-5-3-6-10-18)25-15-19-11-7-4-8-12-19/h3-12,16-17H,13-15H2,1-2H3. The normalized spacial score (nSPS) is 11.5. The quantitative estimate of drug-likeness (QED) is 0.475. The second-order valence-electron chi connectivity index (χ2n) is 6.16. The van der Waals surface area contributed by atoms with Crippen LogP contribution in [0, 0.1) is 5.92 Å². The lowest BCUT2D eigenvalue weighted by Gasteiger charge is -2.09. The zero-order valence-corrected chi connectivity index (χ0v) is 17.4. The van der Waals surface area contributed by atoms with Gasteiger partial charge in [-0.15, -0.1) is 23.5 Å². The molecule has 0 radical (unpaired) electrons. The Labute approximate surface area is 165 Å². The van der Waals surface area contributed by atoms with E-state index < -0.39 is 10.1 Å². The molecule has 140 valence electrons. The number of benzene rings is 2. The highest BCUT2D eigenvalue weighted by atomic mass is 32.2. The van der Waals surface area contributed by atoms with Gasteiger partial charge in [0.1, 0.15) is 0 Å². The minimum atomic E-state index is -3.69. The summed E-state index contributed by atoms with van der Waals surface area (Å²) in [5.74, 6) is 1.60. The van der Waals surface area contributed by atoms with Crippen molar-refractivity contribution in [2.24, 2.45) is 5.92 Å². The third-order valence-electron chi connectivity index (χ3n) is 3.25. The lowest BCUT2D eigenvalue weighted by molar-refractivity contribution is 0.280. The van der Waals surface area contributed by atoms with E-state index in [1.165, 1.54) is 28.9 Å². The Balaban J connectivity index is 2.07. The van der Waals surface area contributed by atoms with Crippen LogP contribution < -0.4 is 0 Å². The van der Waals surface area contributed by atoms with Gasteiger partial charge in [0.2, 0.25) is 0 Å². The molecular formula is C20H24O3S3. The first-order valence-electron chi connectivity index (χ1n) is 8.39. The Kier molecular flexibility index (Phi) is 8.78. The Morgan fingerprint density at radius 3 is 1.81 bits per heavy atom. The summed E-state index contributed by atoms with van der Waals surface area (Å²) in [4.78, 5) is 0. The third-order valence-corrected chi connectivity index (χ3v) is 7.01. The van der Waals surface area contributed by atoms with Gasteiger partial charge in [0.15, 0.2) is 0 Å². The number of rotatable bonds is 10. The first kappa shape index (κ1) is 21.1. The van der Waals surface area contributed by atoms with Gasteiger partial charge < -0.3 is 0 Å². The topological polar surface area (TPSA) is 43.4 Å². The molecule has 0 fully saturated rings. The van der Waals surface area contributed by atoms with E-state index in [0.29, 0.717) is 11.5 Å². The maximum atomic E-state index is 12.2. The Bertz CT molecular complexity index is 740. The van der Waals surface area contributed by atoms with Crippen molar-refractivity contribution in [1.82, 2.24) is 0 Å². The first-order chi connectivity index (χ1) is 12.4. The molecule has 26 heavy (non-hydrogen) atoms. The van der Waals surface area contributed by atoms with Crippen molar-refractivity contribution < 1.29 is 12.6 Å². The molecule has 0 aromatic heterocycles. The van der Waals surface area contributed by atoms with E-state index in [1.807, 2.05) is 74.5 Å². The van der Waals surface area contributed by atoms with E-state index in [4.69, 9.17) is 4.18 Å². The van der Waals surface area contributed by atoms with E-state index in [1.54, 1.807) is 0 Å². The molecular weight excluding hydrogens is 384 g/mol. The molecule has 0 spiro atoms. The summed E-state index contributed by atoms with van der Waals surface area (Å²) < 4.78 is 30.3. The molecule has 0 amide bonds. The maximum absolute atomic E-state index is 12.2. The molecule has 0 saturated heterocycles. The molecule has 6 heteroatoms. The molecule has 0 saturated carbocycles. The van der Waals surface area contributed by atoms with E-state index in [-0.39, 0.29) is 12.5 Å². The molecule has 3 nitrogen and oxygen atoms in total. The third kappa shape index (κ3) is 8.45. The minimum absolute atomic E-state index is 0.163. The summed E-state index contributed by atoms with van der Waals surface area (Å²) >= 11 is 3.04. The van der Waals surface area contributed by atoms with Crippen molar-refractivity contribution in [3.8, 4) is 0 Å². The van der Waals surface area contributed by atoms with E-state index in [0.717, 1.165) is 15.4 Å². The van der Waals surface area contributed by atoms with Gasteiger partial charge in [0, 0.05) is 11.5 Å². The van der Waals surface area contributed by atoms with Gasteiger partial charge in [0.05, 0.1) is 16.3 Å². The van der Waals surface area contributed by atoms with Crippen molar-refractivity contribution in [3.63, 3.8) is 0 Å². The van der Waals surface area contributed by atoms with Crippen molar-refractivity contribution in [3.05, 3.63) is 81.4 Å². The molecule has 2 rings (SSSR count). The molecule has 0 heterocycles. The van der Waals surface area contributed by atoms with Gasteiger partial charge in [-0.25, -0.2) is 0 Å². The van der Waals surface area contributed by atoms with E-state index in [9.17, 15) is 8.42 Å². The smallest absolute Gasteiger partial charge is 0.267 e. The monoisotopic (exact) mass is 408 g/mol. The van der Waals surface area contributed by atoms with Crippen LogP contribution >= 0.6 is 23.5 Å². The van der Waals surface area contributed by atoms with Crippen molar-refractivity contribution in [2.45, 2.75) is 25.4 Å². The summed E-state index contributed by atoms with van der Waals surface area (Å²) in [7, 11) is -3.69. The summed E-state index contributed by atoms with van der Waals surface area (Å²) in [6.45, 7) is 4.04. The van der Waals surface area contributed by atoms with E-state index in [2.05, 4.69) is 0 Å². The molecule has 2 aromatic rings. The van der Waals surface area contributed by atoms with Crippen LogP contribution in [0.2, 0.25) is 0 Å². The van der Waals surface area contributed by atoms with E-state index >= 15 is 0 Å². The number of hydrogen-bond donors (Lipinski definition) is 0. The zero-order chi connectivity index (χ0) is 18.8. The van der Waals surface area contributed by atoms with Crippen LogP contribution in [0.15, 0.2) is 70.3 Å². The van der Waals surface area contributed by atoms with Gasteiger partial charge in [-0.3, -0.25) is 4.18 Å². The fraction of sp³-hybridized carbons (Fsp3) is 0.300. The van der Waals surface area contributed by atoms with Crippen LogP contribution in [0.1, 0.15) is 25.0 Å². The van der Waals surface area contributed by atoms with Crippen molar-refractivity contribution in [1.29, 1.82) is 0 Å². The SMILES string of the molecule is CC(C)COS(=O)(=O)C=C(SCc1ccccc1)SCc1ccccc1. The van der Waals surface area contributed by atoms with Crippen molar-refractivity contribution in [2.75, 3.05) is 6.61 Å². The van der Waals surface area contributed by atoms with Crippen LogP contribution in [0.4, 0.5) is 0 Å². The number of thioether (sulfide) groups is 2. The lowest BCUT2D eigenvalue weighted by Crippen LogP contribution is -2.08. The highest BCUT2D eigenvalue weighted by Crippen LogP contribution is 2.34. The second kappa shape index (κ2) is 10.8. The average Bonchev–Trinajstić information content (AvgIpc) is 2.64. The fourth-order valence-corrected chi connectivity index (χ4v) is 5.66. The van der Waals surface area contributed by atoms with Crippen LogP contribution in [0.5, 0.6) is 0 Å². The molecule has 0 bridgehead atoms. The average molecular weight is 409 g/mol. The highest BCUT2D eigenvalue weighted by molar-refractivity contribution is 8.22. The van der Waals surface area contributed by atoms with Crippen LogP contribution in [-0.2, 0) is 25.8 Å². The summed E-state index contributed by atoms with van der Waals surface area (Å²) in [6.07, 6.45) is 0. The predicted molar refractivity (Wildman–Crippen MR) is 113 cm³/mol. The summed E-state index contributed by atoms with van der Waals surface area (Å²) in [5, 5.41) is 1.26. The first-order valence-corrected chi connectivity index (χ1v) is 11.8. The van der Waals surface area contributed by atoms with Crippen LogP contribution in [0.3, 0.4) is 0 Å². The molecule has 0 aliphatic rings. The number of hydrogen-bond acceptors (Lipinski definition) is 5.